The molecule has 0 saturated heterocycles. The average Bonchev–Trinajstić information content (AvgIpc) is 3.12. The lowest BCUT2D eigenvalue weighted by atomic mass is 10.0. The van der Waals surface area contributed by atoms with E-state index in [0.29, 0.717) is 18.9 Å². The first-order valence-corrected chi connectivity index (χ1v) is 10.3. The molecule has 5 nitrogen and oxygen atoms in total. The number of methoxy groups -OCH3 is 1. The lowest BCUT2D eigenvalue weighted by molar-refractivity contribution is 0.278. The zero-order chi connectivity index (χ0) is 21.1. The van der Waals surface area contributed by atoms with Gasteiger partial charge in [-0.15, -0.1) is 0 Å². The summed E-state index contributed by atoms with van der Waals surface area (Å²) in [5.41, 5.74) is 6.17. The maximum Gasteiger partial charge on any atom is 0.145 e. The van der Waals surface area contributed by atoms with Gasteiger partial charge in [0.1, 0.15) is 17.1 Å². The number of hydrogen-bond acceptors (Lipinski definition) is 4. The molecule has 2 heterocycles. The molecule has 4 rings (SSSR count). The molecular formula is C25H27N3O2. The molecule has 0 bridgehead atoms. The number of imidazole rings is 1. The van der Waals surface area contributed by atoms with Gasteiger partial charge in [-0.2, -0.15) is 0 Å². The van der Waals surface area contributed by atoms with Crippen LogP contribution in [0, 0.1) is 0 Å². The van der Waals surface area contributed by atoms with Crippen LogP contribution in [-0.2, 0) is 13.0 Å². The molecule has 0 saturated carbocycles. The van der Waals surface area contributed by atoms with Gasteiger partial charge in [0, 0.05) is 30.4 Å². The van der Waals surface area contributed by atoms with E-state index in [1.807, 2.05) is 28.8 Å². The largest absolute Gasteiger partial charge is 0.494 e. The SMILES string of the molecule is COc1cc(Cc2ccccn2)cc2nc(-c3ccc(C(C)C)cc3)n(CCO)c12. The number of benzene rings is 2. The van der Waals surface area contributed by atoms with E-state index in [0.717, 1.165) is 39.4 Å². The lowest BCUT2D eigenvalue weighted by Crippen LogP contribution is -2.05. The fourth-order valence-electron chi connectivity index (χ4n) is 3.81. The van der Waals surface area contributed by atoms with Crippen LogP contribution < -0.4 is 4.74 Å². The number of hydrogen-bond donors (Lipinski definition) is 1. The van der Waals surface area contributed by atoms with Crippen molar-refractivity contribution in [1.29, 1.82) is 0 Å². The lowest BCUT2D eigenvalue weighted by Gasteiger charge is -2.12. The van der Waals surface area contributed by atoms with E-state index in [1.165, 1.54) is 5.56 Å². The highest BCUT2D eigenvalue weighted by molar-refractivity contribution is 5.87. The van der Waals surface area contributed by atoms with Gasteiger partial charge in [0.15, 0.2) is 0 Å². The maximum atomic E-state index is 9.70. The van der Waals surface area contributed by atoms with Gasteiger partial charge in [-0.3, -0.25) is 4.98 Å². The molecule has 2 aromatic carbocycles. The summed E-state index contributed by atoms with van der Waals surface area (Å²) in [6, 6.07) is 18.6. The summed E-state index contributed by atoms with van der Waals surface area (Å²) in [6.45, 7) is 4.85. The minimum Gasteiger partial charge on any atom is -0.494 e. The topological polar surface area (TPSA) is 60.2 Å². The van der Waals surface area contributed by atoms with Crippen LogP contribution in [0.1, 0.15) is 36.6 Å². The smallest absolute Gasteiger partial charge is 0.145 e. The normalized spacial score (nSPS) is 11.4. The van der Waals surface area contributed by atoms with Gasteiger partial charge >= 0.3 is 0 Å². The van der Waals surface area contributed by atoms with E-state index >= 15 is 0 Å². The zero-order valence-corrected chi connectivity index (χ0v) is 17.7. The molecule has 30 heavy (non-hydrogen) atoms. The van der Waals surface area contributed by atoms with E-state index < -0.39 is 0 Å². The van der Waals surface area contributed by atoms with Gasteiger partial charge in [0.2, 0.25) is 0 Å². The average molecular weight is 402 g/mol. The van der Waals surface area contributed by atoms with Crippen molar-refractivity contribution in [2.45, 2.75) is 32.7 Å². The number of ether oxygens (including phenoxy) is 1. The first-order valence-electron chi connectivity index (χ1n) is 10.3. The van der Waals surface area contributed by atoms with Crippen LogP contribution in [0.5, 0.6) is 5.75 Å². The van der Waals surface area contributed by atoms with Crippen molar-refractivity contribution < 1.29 is 9.84 Å². The summed E-state index contributed by atoms with van der Waals surface area (Å²) in [7, 11) is 1.67. The summed E-state index contributed by atoms with van der Waals surface area (Å²) >= 11 is 0. The van der Waals surface area contributed by atoms with Crippen molar-refractivity contribution in [2.75, 3.05) is 13.7 Å². The van der Waals surface area contributed by atoms with Gasteiger partial charge < -0.3 is 14.4 Å². The maximum absolute atomic E-state index is 9.70. The van der Waals surface area contributed by atoms with Crippen molar-refractivity contribution in [3.63, 3.8) is 0 Å². The first kappa shape index (κ1) is 20.1. The van der Waals surface area contributed by atoms with Crippen LogP contribution >= 0.6 is 0 Å². The summed E-state index contributed by atoms with van der Waals surface area (Å²) in [6.07, 6.45) is 2.51. The molecule has 1 N–H and O–H groups in total. The molecule has 2 aromatic heterocycles. The molecule has 0 aliphatic heterocycles. The Labute approximate surface area is 177 Å². The van der Waals surface area contributed by atoms with Crippen LogP contribution in [-0.4, -0.2) is 33.4 Å². The highest BCUT2D eigenvalue weighted by Crippen LogP contribution is 2.33. The Morgan fingerprint density at radius 3 is 2.50 bits per heavy atom. The Morgan fingerprint density at radius 2 is 1.87 bits per heavy atom. The second-order valence-electron chi connectivity index (χ2n) is 7.75. The highest BCUT2D eigenvalue weighted by Gasteiger charge is 2.18. The van der Waals surface area contributed by atoms with Crippen LogP contribution in [0.15, 0.2) is 60.8 Å². The second kappa shape index (κ2) is 8.67. The van der Waals surface area contributed by atoms with E-state index in [2.05, 4.69) is 49.2 Å². The van der Waals surface area contributed by atoms with Crippen molar-refractivity contribution in [2.24, 2.45) is 0 Å². The van der Waals surface area contributed by atoms with Gasteiger partial charge in [-0.05, 0) is 41.3 Å². The van der Waals surface area contributed by atoms with E-state index in [9.17, 15) is 5.11 Å². The number of pyridine rings is 1. The molecular weight excluding hydrogens is 374 g/mol. The molecule has 0 spiro atoms. The molecule has 154 valence electrons. The van der Waals surface area contributed by atoms with Crippen LogP contribution in [0.3, 0.4) is 0 Å². The minimum atomic E-state index is 0.0291. The third-order valence-electron chi connectivity index (χ3n) is 5.36. The van der Waals surface area contributed by atoms with Crippen LogP contribution in [0.2, 0.25) is 0 Å². The Balaban J connectivity index is 1.83. The van der Waals surface area contributed by atoms with Crippen LogP contribution in [0.4, 0.5) is 0 Å². The Hall–Kier alpha value is -3.18. The summed E-state index contributed by atoms with van der Waals surface area (Å²) in [5, 5.41) is 9.70. The monoisotopic (exact) mass is 401 g/mol. The van der Waals surface area contributed by atoms with E-state index in [4.69, 9.17) is 9.72 Å². The molecule has 0 radical (unpaired) electrons. The molecule has 0 atom stereocenters. The predicted molar refractivity (Wildman–Crippen MR) is 120 cm³/mol. The molecule has 0 aliphatic rings. The second-order valence-corrected chi connectivity index (χ2v) is 7.75. The van der Waals surface area contributed by atoms with Gasteiger partial charge in [-0.1, -0.05) is 44.2 Å². The van der Waals surface area contributed by atoms with Crippen molar-refractivity contribution in [1.82, 2.24) is 14.5 Å². The summed E-state index contributed by atoms with van der Waals surface area (Å²) in [5.74, 6) is 2.07. The molecule has 4 aromatic rings. The Bertz CT molecular complexity index is 1130. The molecule has 0 unspecified atom stereocenters. The number of nitrogens with zero attached hydrogens (tertiary/aromatic N) is 3. The quantitative estimate of drug-likeness (QED) is 0.483. The van der Waals surface area contributed by atoms with E-state index in [1.54, 1.807) is 13.3 Å². The zero-order valence-electron chi connectivity index (χ0n) is 17.7. The van der Waals surface area contributed by atoms with Gasteiger partial charge in [0.05, 0.1) is 19.2 Å². The third kappa shape index (κ3) is 3.94. The molecule has 0 amide bonds. The number of aliphatic hydroxyl groups excluding tert-OH is 1. The number of fused-ring (bicyclic) bond motifs is 1. The summed E-state index contributed by atoms with van der Waals surface area (Å²) < 4.78 is 7.77. The van der Waals surface area contributed by atoms with Gasteiger partial charge in [0.25, 0.3) is 0 Å². The number of aliphatic hydroxyl groups is 1. The number of rotatable bonds is 7. The molecule has 5 heteroatoms. The van der Waals surface area contributed by atoms with Crippen molar-refractivity contribution in [3.8, 4) is 17.1 Å². The van der Waals surface area contributed by atoms with Crippen molar-refractivity contribution >= 4 is 11.0 Å². The molecule has 0 aliphatic carbocycles. The highest BCUT2D eigenvalue weighted by atomic mass is 16.5. The standard InChI is InChI=1S/C25H27N3O2/c1-17(2)19-7-9-20(10-8-19)25-27-22-15-18(14-21-6-4-5-11-26-21)16-23(30-3)24(22)28(25)12-13-29/h4-11,15-17,29H,12-14H2,1-3H3. The molecule has 0 fully saturated rings. The fourth-order valence-corrected chi connectivity index (χ4v) is 3.81. The number of aromatic nitrogens is 3. The third-order valence-corrected chi connectivity index (χ3v) is 5.36. The van der Waals surface area contributed by atoms with Crippen molar-refractivity contribution in [3.05, 3.63) is 77.6 Å². The Kier molecular flexibility index (Phi) is 5.81. The summed E-state index contributed by atoms with van der Waals surface area (Å²) in [4.78, 5) is 9.37. The van der Waals surface area contributed by atoms with Crippen LogP contribution in [0.25, 0.3) is 22.4 Å². The van der Waals surface area contributed by atoms with E-state index in [-0.39, 0.29) is 6.61 Å². The Morgan fingerprint density at radius 1 is 1.07 bits per heavy atom. The first-order chi connectivity index (χ1) is 14.6. The van der Waals surface area contributed by atoms with Gasteiger partial charge in [-0.25, -0.2) is 4.98 Å². The predicted octanol–water partition coefficient (Wildman–Crippen LogP) is 4.81. The fraction of sp³-hybridized carbons (Fsp3) is 0.280. The minimum absolute atomic E-state index is 0.0291.